The van der Waals surface area contributed by atoms with Gasteiger partial charge in [0.2, 0.25) is 0 Å². The third-order valence-electron chi connectivity index (χ3n) is 3.22. The molecule has 0 saturated carbocycles. The fourth-order valence-electron chi connectivity index (χ4n) is 2.18. The largest absolute Gasteiger partial charge is 0.362 e. The average Bonchev–Trinajstić information content (AvgIpc) is 2.89. The van der Waals surface area contributed by atoms with E-state index in [2.05, 4.69) is 5.10 Å². The van der Waals surface area contributed by atoms with Gasteiger partial charge in [-0.2, -0.15) is 5.10 Å². The molecule has 22 heavy (non-hydrogen) atoms. The van der Waals surface area contributed by atoms with Crippen LogP contribution in [0.5, 0.6) is 0 Å². The summed E-state index contributed by atoms with van der Waals surface area (Å²) in [7, 11) is 1.79. The van der Waals surface area contributed by atoms with Gasteiger partial charge in [-0.25, -0.2) is 0 Å². The molecule has 0 N–H and O–H groups in total. The zero-order chi connectivity index (χ0) is 16.3. The number of benzene rings is 1. The van der Waals surface area contributed by atoms with Gasteiger partial charge < -0.3 is 4.90 Å². The minimum absolute atomic E-state index is 0.278. The third-order valence-corrected chi connectivity index (χ3v) is 3.22. The molecular weight excluding hydrogens is 290 g/mol. The molecule has 9 heteroatoms. The zero-order valence-electron chi connectivity index (χ0n) is 12.2. The van der Waals surface area contributed by atoms with Crippen LogP contribution in [-0.2, 0) is 13.6 Å². The first-order valence-electron chi connectivity index (χ1n) is 6.57. The first kappa shape index (κ1) is 15.4. The van der Waals surface area contributed by atoms with Gasteiger partial charge in [-0.1, -0.05) is 0 Å². The van der Waals surface area contributed by atoms with Crippen molar-refractivity contribution in [1.29, 1.82) is 0 Å². The molecule has 116 valence electrons. The van der Waals surface area contributed by atoms with Crippen molar-refractivity contribution < 1.29 is 9.85 Å². The number of anilines is 1. The van der Waals surface area contributed by atoms with Crippen LogP contribution >= 0.6 is 0 Å². The second-order valence-corrected chi connectivity index (χ2v) is 4.72. The van der Waals surface area contributed by atoms with E-state index in [0.717, 1.165) is 11.6 Å². The van der Waals surface area contributed by atoms with Gasteiger partial charge in [0.15, 0.2) is 0 Å². The van der Waals surface area contributed by atoms with Crippen LogP contribution < -0.4 is 4.90 Å². The first-order chi connectivity index (χ1) is 10.4. The maximum absolute atomic E-state index is 11.2. The number of non-ortho nitro benzene ring substituents is 1. The number of hydrogen-bond acceptors (Lipinski definition) is 6. The van der Waals surface area contributed by atoms with Gasteiger partial charge in [-0.05, 0) is 13.0 Å². The molecule has 0 fully saturated rings. The molecule has 0 aliphatic rings. The van der Waals surface area contributed by atoms with E-state index in [1.807, 2.05) is 13.1 Å². The lowest BCUT2D eigenvalue weighted by molar-refractivity contribution is -0.393. The Kier molecular flexibility index (Phi) is 4.35. The Labute approximate surface area is 126 Å². The Hall–Kier alpha value is -2.97. The summed E-state index contributed by atoms with van der Waals surface area (Å²) in [5, 5.41) is 26.1. The molecule has 0 atom stereocenters. The van der Waals surface area contributed by atoms with Crippen LogP contribution in [0.4, 0.5) is 17.1 Å². The highest BCUT2D eigenvalue weighted by Crippen LogP contribution is 2.32. The van der Waals surface area contributed by atoms with Crippen molar-refractivity contribution in [3.8, 4) is 0 Å². The summed E-state index contributed by atoms with van der Waals surface area (Å²) in [6.07, 6.45) is 3.50. The van der Waals surface area contributed by atoms with Crippen LogP contribution in [0.2, 0.25) is 0 Å². The summed E-state index contributed by atoms with van der Waals surface area (Å²) in [5.41, 5.74) is 0.673. The van der Waals surface area contributed by atoms with E-state index in [0.29, 0.717) is 18.8 Å². The highest BCUT2D eigenvalue weighted by molar-refractivity contribution is 5.66. The maximum atomic E-state index is 11.2. The Morgan fingerprint density at radius 2 is 2.00 bits per heavy atom. The smallest absolute Gasteiger partial charge is 0.299 e. The SMILES string of the molecule is CCN(Cc1cnn(C)c1)c1ccc([N+](=O)[O-])cc1[N+](=O)[O-]. The zero-order valence-corrected chi connectivity index (χ0v) is 12.2. The van der Waals surface area contributed by atoms with Gasteiger partial charge in [0.05, 0.1) is 22.1 Å². The molecule has 0 saturated heterocycles. The molecule has 1 heterocycles. The molecule has 0 aliphatic carbocycles. The highest BCUT2D eigenvalue weighted by Gasteiger charge is 2.23. The molecule has 2 rings (SSSR count). The van der Waals surface area contributed by atoms with Crippen molar-refractivity contribution in [2.45, 2.75) is 13.5 Å². The van der Waals surface area contributed by atoms with E-state index in [9.17, 15) is 20.2 Å². The van der Waals surface area contributed by atoms with E-state index in [1.54, 1.807) is 22.8 Å². The second-order valence-electron chi connectivity index (χ2n) is 4.72. The monoisotopic (exact) mass is 305 g/mol. The fraction of sp³-hybridized carbons (Fsp3) is 0.308. The number of aryl methyl sites for hydroxylation is 1. The summed E-state index contributed by atoms with van der Waals surface area (Å²) < 4.78 is 1.65. The van der Waals surface area contributed by atoms with Crippen LogP contribution in [0.15, 0.2) is 30.6 Å². The molecule has 0 aliphatic heterocycles. The molecule has 0 amide bonds. The molecule has 0 bridgehead atoms. The lowest BCUT2D eigenvalue weighted by Gasteiger charge is -2.22. The van der Waals surface area contributed by atoms with Crippen LogP contribution in [0, 0.1) is 20.2 Å². The lowest BCUT2D eigenvalue weighted by atomic mass is 10.2. The summed E-state index contributed by atoms with van der Waals surface area (Å²) in [5.74, 6) is 0. The van der Waals surface area contributed by atoms with Crippen molar-refractivity contribution >= 4 is 17.1 Å². The van der Waals surface area contributed by atoms with Gasteiger partial charge in [0.1, 0.15) is 5.69 Å². The van der Waals surface area contributed by atoms with Crippen molar-refractivity contribution in [2.24, 2.45) is 7.05 Å². The van der Waals surface area contributed by atoms with Crippen molar-refractivity contribution in [1.82, 2.24) is 9.78 Å². The van der Waals surface area contributed by atoms with Crippen LogP contribution in [0.25, 0.3) is 0 Å². The fourth-order valence-corrected chi connectivity index (χ4v) is 2.18. The lowest BCUT2D eigenvalue weighted by Crippen LogP contribution is -2.22. The molecular formula is C13H15N5O4. The van der Waals surface area contributed by atoms with Gasteiger partial charge in [0.25, 0.3) is 11.4 Å². The molecule has 1 aromatic carbocycles. The minimum Gasteiger partial charge on any atom is -0.362 e. The van der Waals surface area contributed by atoms with Gasteiger partial charge in [-0.15, -0.1) is 0 Å². The Bertz CT molecular complexity index is 712. The molecule has 2 aromatic rings. The predicted octanol–water partition coefficient (Wildman–Crippen LogP) is 2.26. The molecule has 0 radical (unpaired) electrons. The highest BCUT2D eigenvalue weighted by atomic mass is 16.6. The van der Waals surface area contributed by atoms with Gasteiger partial charge in [0, 0.05) is 38.0 Å². The topological polar surface area (TPSA) is 107 Å². The third kappa shape index (κ3) is 3.19. The van der Waals surface area contributed by atoms with Crippen molar-refractivity contribution in [3.05, 3.63) is 56.4 Å². The Balaban J connectivity index is 2.39. The Morgan fingerprint density at radius 1 is 1.27 bits per heavy atom. The number of nitrogens with zero attached hydrogens (tertiary/aromatic N) is 5. The van der Waals surface area contributed by atoms with E-state index in [4.69, 9.17) is 0 Å². The first-order valence-corrected chi connectivity index (χ1v) is 6.57. The van der Waals surface area contributed by atoms with Crippen LogP contribution in [0.3, 0.4) is 0 Å². The van der Waals surface area contributed by atoms with Crippen molar-refractivity contribution in [2.75, 3.05) is 11.4 Å². The number of rotatable bonds is 6. The second kappa shape index (κ2) is 6.20. The maximum Gasteiger partial charge on any atom is 0.299 e. The molecule has 0 spiro atoms. The van der Waals surface area contributed by atoms with Gasteiger partial charge in [-0.3, -0.25) is 24.9 Å². The summed E-state index contributed by atoms with van der Waals surface area (Å²) >= 11 is 0. The van der Waals surface area contributed by atoms with E-state index < -0.39 is 9.85 Å². The normalized spacial score (nSPS) is 10.5. The average molecular weight is 305 g/mol. The number of aromatic nitrogens is 2. The summed E-state index contributed by atoms with van der Waals surface area (Å²) in [6, 6.07) is 3.67. The number of nitro groups is 2. The number of hydrogen-bond donors (Lipinski definition) is 0. The van der Waals surface area contributed by atoms with E-state index in [1.165, 1.54) is 12.1 Å². The van der Waals surface area contributed by atoms with E-state index >= 15 is 0 Å². The van der Waals surface area contributed by atoms with Crippen molar-refractivity contribution in [3.63, 3.8) is 0 Å². The predicted molar refractivity (Wildman–Crippen MR) is 79.7 cm³/mol. The summed E-state index contributed by atoms with van der Waals surface area (Å²) in [6.45, 7) is 2.82. The van der Waals surface area contributed by atoms with E-state index in [-0.39, 0.29) is 11.4 Å². The standard InChI is InChI=1S/C13H15N5O4/c1-3-16(9-10-7-14-15(2)8-10)12-5-4-11(17(19)20)6-13(12)18(21)22/h4-8H,3,9H2,1-2H3. The molecule has 1 aromatic heterocycles. The minimum atomic E-state index is -0.645. The van der Waals surface area contributed by atoms with Crippen LogP contribution in [-0.4, -0.2) is 26.2 Å². The van der Waals surface area contributed by atoms with Crippen LogP contribution in [0.1, 0.15) is 12.5 Å². The quantitative estimate of drug-likeness (QED) is 0.598. The summed E-state index contributed by atoms with van der Waals surface area (Å²) in [4.78, 5) is 22.5. The van der Waals surface area contributed by atoms with Gasteiger partial charge >= 0.3 is 0 Å². The molecule has 0 unspecified atom stereocenters. The number of nitro benzene ring substituents is 2. The molecule has 9 nitrogen and oxygen atoms in total. The Morgan fingerprint density at radius 3 is 2.50 bits per heavy atom.